The standard InChI is InChI=1S/C18H20N2O2S/c1-13-8-10-16(11-9-13)20-18(22)14(2)23-12-17(21)19-15-6-4-3-5-7-15/h3-11,14H,12H2,1-2H3,(H,19,21)(H,20,22)/t14-/m1/s1. The summed E-state index contributed by atoms with van der Waals surface area (Å²) in [5.41, 5.74) is 2.67. The molecule has 0 aliphatic carbocycles. The maximum Gasteiger partial charge on any atom is 0.237 e. The van der Waals surface area contributed by atoms with E-state index in [1.165, 1.54) is 11.8 Å². The Balaban J connectivity index is 1.77. The molecule has 23 heavy (non-hydrogen) atoms. The normalized spacial score (nSPS) is 11.6. The zero-order chi connectivity index (χ0) is 16.7. The molecule has 0 spiro atoms. The molecule has 4 nitrogen and oxygen atoms in total. The first-order chi connectivity index (χ1) is 11.0. The molecular formula is C18H20N2O2S. The Morgan fingerprint density at radius 2 is 1.57 bits per heavy atom. The lowest BCUT2D eigenvalue weighted by molar-refractivity contribution is -0.115. The Morgan fingerprint density at radius 3 is 2.22 bits per heavy atom. The van der Waals surface area contributed by atoms with Crippen LogP contribution in [0.1, 0.15) is 12.5 Å². The molecule has 2 aromatic rings. The van der Waals surface area contributed by atoms with Crippen LogP contribution in [0.2, 0.25) is 0 Å². The topological polar surface area (TPSA) is 58.2 Å². The van der Waals surface area contributed by atoms with Crippen molar-refractivity contribution in [3.8, 4) is 0 Å². The molecule has 0 bridgehead atoms. The minimum atomic E-state index is -0.308. The molecule has 2 N–H and O–H groups in total. The quantitative estimate of drug-likeness (QED) is 0.850. The van der Waals surface area contributed by atoms with Gasteiger partial charge in [0.2, 0.25) is 11.8 Å². The van der Waals surface area contributed by atoms with Gasteiger partial charge in [0, 0.05) is 11.4 Å². The molecule has 2 aromatic carbocycles. The van der Waals surface area contributed by atoms with Crippen molar-refractivity contribution in [1.29, 1.82) is 0 Å². The lowest BCUT2D eigenvalue weighted by atomic mass is 10.2. The molecular weight excluding hydrogens is 308 g/mol. The molecule has 0 unspecified atom stereocenters. The highest BCUT2D eigenvalue weighted by Crippen LogP contribution is 2.15. The number of rotatable bonds is 6. The smallest absolute Gasteiger partial charge is 0.237 e. The Bertz CT molecular complexity index is 656. The molecule has 5 heteroatoms. The average Bonchev–Trinajstić information content (AvgIpc) is 2.55. The number of para-hydroxylation sites is 1. The number of thioether (sulfide) groups is 1. The number of carbonyl (C=O) groups excluding carboxylic acids is 2. The van der Waals surface area contributed by atoms with Gasteiger partial charge in [-0.05, 0) is 38.1 Å². The fraction of sp³-hybridized carbons (Fsp3) is 0.222. The van der Waals surface area contributed by atoms with Crippen LogP contribution in [0.4, 0.5) is 11.4 Å². The summed E-state index contributed by atoms with van der Waals surface area (Å²) >= 11 is 1.31. The molecule has 0 aliphatic rings. The molecule has 0 saturated carbocycles. The fourth-order valence-electron chi connectivity index (χ4n) is 1.88. The second-order valence-electron chi connectivity index (χ2n) is 5.22. The van der Waals surface area contributed by atoms with Gasteiger partial charge in [-0.15, -0.1) is 11.8 Å². The summed E-state index contributed by atoms with van der Waals surface area (Å²) in [6, 6.07) is 16.9. The van der Waals surface area contributed by atoms with Crippen LogP contribution in [-0.4, -0.2) is 22.8 Å². The van der Waals surface area contributed by atoms with Gasteiger partial charge in [-0.25, -0.2) is 0 Å². The Morgan fingerprint density at radius 1 is 0.957 bits per heavy atom. The third kappa shape index (κ3) is 5.79. The summed E-state index contributed by atoms with van der Waals surface area (Å²) in [6.45, 7) is 3.79. The summed E-state index contributed by atoms with van der Waals surface area (Å²) < 4.78 is 0. The minimum absolute atomic E-state index is 0.105. The highest BCUT2D eigenvalue weighted by Gasteiger charge is 2.15. The average molecular weight is 328 g/mol. The van der Waals surface area contributed by atoms with E-state index in [4.69, 9.17) is 0 Å². The first-order valence-electron chi connectivity index (χ1n) is 7.38. The van der Waals surface area contributed by atoms with Gasteiger partial charge in [-0.1, -0.05) is 35.9 Å². The monoisotopic (exact) mass is 328 g/mol. The molecule has 0 aromatic heterocycles. The van der Waals surface area contributed by atoms with Gasteiger partial charge < -0.3 is 10.6 Å². The van der Waals surface area contributed by atoms with Gasteiger partial charge in [0.05, 0.1) is 11.0 Å². The third-order valence-electron chi connectivity index (χ3n) is 3.21. The van der Waals surface area contributed by atoms with E-state index in [1.54, 1.807) is 6.92 Å². The largest absolute Gasteiger partial charge is 0.325 e. The number of carbonyl (C=O) groups is 2. The van der Waals surface area contributed by atoms with Gasteiger partial charge in [0.1, 0.15) is 0 Å². The second kappa shape index (κ2) is 8.39. The molecule has 1 atom stereocenters. The third-order valence-corrected chi connectivity index (χ3v) is 4.35. The van der Waals surface area contributed by atoms with Crippen molar-refractivity contribution in [2.75, 3.05) is 16.4 Å². The number of benzene rings is 2. The van der Waals surface area contributed by atoms with Crippen LogP contribution in [0.5, 0.6) is 0 Å². The number of hydrogen-bond donors (Lipinski definition) is 2. The second-order valence-corrected chi connectivity index (χ2v) is 6.55. The van der Waals surface area contributed by atoms with Crippen molar-refractivity contribution in [2.24, 2.45) is 0 Å². The minimum Gasteiger partial charge on any atom is -0.325 e. The summed E-state index contributed by atoms with van der Waals surface area (Å²) in [6.07, 6.45) is 0. The van der Waals surface area contributed by atoms with Crippen LogP contribution in [-0.2, 0) is 9.59 Å². The van der Waals surface area contributed by atoms with Crippen LogP contribution in [0.15, 0.2) is 54.6 Å². The number of hydrogen-bond acceptors (Lipinski definition) is 3. The van der Waals surface area contributed by atoms with Crippen molar-refractivity contribution in [3.05, 3.63) is 60.2 Å². The van der Waals surface area contributed by atoms with Gasteiger partial charge in [0.15, 0.2) is 0 Å². The molecule has 120 valence electrons. The van der Waals surface area contributed by atoms with Gasteiger partial charge in [-0.3, -0.25) is 9.59 Å². The van der Waals surface area contributed by atoms with E-state index in [9.17, 15) is 9.59 Å². The first-order valence-corrected chi connectivity index (χ1v) is 8.43. The molecule has 0 fully saturated rings. The molecule has 2 amide bonds. The van der Waals surface area contributed by atoms with E-state index < -0.39 is 0 Å². The summed E-state index contributed by atoms with van der Waals surface area (Å²) in [5.74, 6) is 0.0136. The van der Waals surface area contributed by atoms with E-state index in [1.807, 2.05) is 61.5 Å². The van der Waals surface area contributed by atoms with Crippen LogP contribution in [0, 0.1) is 6.92 Å². The number of nitrogens with one attached hydrogen (secondary N) is 2. The Kier molecular flexibility index (Phi) is 6.23. The molecule has 0 heterocycles. The first kappa shape index (κ1) is 17.1. The van der Waals surface area contributed by atoms with Crippen LogP contribution in [0.3, 0.4) is 0 Å². The Hall–Kier alpha value is -2.27. The van der Waals surface area contributed by atoms with E-state index in [2.05, 4.69) is 10.6 Å². The van der Waals surface area contributed by atoms with Crippen LogP contribution < -0.4 is 10.6 Å². The summed E-state index contributed by atoms with van der Waals surface area (Å²) in [5, 5.41) is 5.34. The zero-order valence-electron chi connectivity index (χ0n) is 13.2. The van der Waals surface area contributed by atoms with E-state index >= 15 is 0 Å². The van der Waals surface area contributed by atoms with Crippen molar-refractivity contribution in [1.82, 2.24) is 0 Å². The number of anilines is 2. The van der Waals surface area contributed by atoms with Crippen molar-refractivity contribution < 1.29 is 9.59 Å². The highest BCUT2D eigenvalue weighted by molar-refractivity contribution is 8.01. The number of amides is 2. The van der Waals surface area contributed by atoms with E-state index in [0.717, 1.165) is 16.9 Å². The van der Waals surface area contributed by atoms with Crippen LogP contribution >= 0.6 is 11.8 Å². The van der Waals surface area contributed by atoms with Crippen molar-refractivity contribution >= 4 is 35.0 Å². The lowest BCUT2D eigenvalue weighted by Gasteiger charge is -2.12. The summed E-state index contributed by atoms with van der Waals surface area (Å²) in [4.78, 5) is 24.0. The SMILES string of the molecule is Cc1ccc(NC(=O)[C@@H](C)SCC(=O)Nc2ccccc2)cc1. The molecule has 2 rings (SSSR count). The predicted octanol–water partition coefficient (Wildman–Crippen LogP) is 3.69. The van der Waals surface area contributed by atoms with Crippen LogP contribution in [0.25, 0.3) is 0 Å². The molecule has 0 saturated heterocycles. The van der Waals surface area contributed by atoms with Crippen molar-refractivity contribution in [2.45, 2.75) is 19.1 Å². The fourth-order valence-corrected chi connectivity index (χ4v) is 2.56. The molecule has 0 radical (unpaired) electrons. The highest BCUT2D eigenvalue weighted by atomic mass is 32.2. The maximum atomic E-state index is 12.1. The number of aryl methyl sites for hydroxylation is 1. The molecule has 0 aliphatic heterocycles. The van der Waals surface area contributed by atoms with Crippen molar-refractivity contribution in [3.63, 3.8) is 0 Å². The van der Waals surface area contributed by atoms with Gasteiger partial charge in [0.25, 0.3) is 0 Å². The Labute approximate surface area is 140 Å². The zero-order valence-corrected chi connectivity index (χ0v) is 14.0. The van der Waals surface area contributed by atoms with Gasteiger partial charge >= 0.3 is 0 Å². The predicted molar refractivity (Wildman–Crippen MR) is 96.8 cm³/mol. The summed E-state index contributed by atoms with van der Waals surface area (Å²) in [7, 11) is 0. The van der Waals surface area contributed by atoms with E-state index in [-0.39, 0.29) is 22.8 Å². The van der Waals surface area contributed by atoms with Gasteiger partial charge in [-0.2, -0.15) is 0 Å². The lowest BCUT2D eigenvalue weighted by Crippen LogP contribution is -2.25. The maximum absolute atomic E-state index is 12.1. The van der Waals surface area contributed by atoms with E-state index in [0.29, 0.717) is 0 Å².